The Balaban J connectivity index is 1.92. The summed E-state index contributed by atoms with van der Waals surface area (Å²) in [6, 6.07) is 9.14. The van der Waals surface area contributed by atoms with Crippen LogP contribution in [-0.4, -0.2) is 25.3 Å². The highest BCUT2D eigenvalue weighted by Crippen LogP contribution is 2.31. The van der Waals surface area contributed by atoms with Crippen molar-refractivity contribution in [3.05, 3.63) is 46.2 Å². The van der Waals surface area contributed by atoms with E-state index in [-0.39, 0.29) is 11.7 Å². The van der Waals surface area contributed by atoms with Gasteiger partial charge in [0, 0.05) is 29.5 Å². The number of ether oxygens (including phenoxy) is 1. The summed E-state index contributed by atoms with van der Waals surface area (Å²) in [6.07, 6.45) is 0.734. The third kappa shape index (κ3) is 2.69. The van der Waals surface area contributed by atoms with Crippen molar-refractivity contribution in [3.8, 4) is 5.75 Å². The van der Waals surface area contributed by atoms with Gasteiger partial charge >= 0.3 is 0 Å². The zero-order chi connectivity index (χ0) is 14.8. The number of anilines is 1. The fraction of sp³-hybridized carbons (Fsp3) is 0.250. The number of fused-ring (bicyclic) bond motifs is 1. The zero-order valence-corrected chi connectivity index (χ0v) is 12.5. The van der Waals surface area contributed by atoms with Crippen LogP contribution in [0.3, 0.4) is 0 Å². The summed E-state index contributed by atoms with van der Waals surface area (Å²) in [5.41, 5.74) is 1.26. The molecule has 4 nitrogen and oxygen atoms in total. The molecule has 1 aromatic heterocycles. The summed E-state index contributed by atoms with van der Waals surface area (Å²) in [7, 11) is 1.57. The second kappa shape index (κ2) is 5.69. The van der Waals surface area contributed by atoms with E-state index in [1.165, 1.54) is 0 Å². The van der Waals surface area contributed by atoms with Crippen molar-refractivity contribution in [2.75, 3.05) is 18.6 Å². The summed E-state index contributed by atoms with van der Waals surface area (Å²) in [5.74, 6) is 0.740. The lowest BCUT2D eigenvalue weighted by atomic mass is 9.99. The molecule has 1 amide bonds. The molecule has 1 aromatic carbocycles. The Bertz CT molecular complexity index is 679. The fourth-order valence-corrected chi connectivity index (χ4v) is 3.18. The van der Waals surface area contributed by atoms with E-state index in [1.807, 2.05) is 17.5 Å². The Labute approximate surface area is 127 Å². The largest absolute Gasteiger partial charge is 0.497 e. The van der Waals surface area contributed by atoms with Gasteiger partial charge in [-0.15, -0.1) is 11.3 Å². The number of amides is 1. The van der Waals surface area contributed by atoms with E-state index in [9.17, 15) is 9.59 Å². The number of thiophene rings is 1. The molecular formula is C16H15NO3S. The second-order valence-corrected chi connectivity index (χ2v) is 5.89. The topological polar surface area (TPSA) is 46.6 Å². The van der Waals surface area contributed by atoms with Crippen LogP contribution in [0.1, 0.15) is 21.7 Å². The van der Waals surface area contributed by atoms with Gasteiger partial charge < -0.3 is 9.64 Å². The van der Waals surface area contributed by atoms with Crippen molar-refractivity contribution in [3.63, 3.8) is 0 Å². The van der Waals surface area contributed by atoms with Crippen LogP contribution >= 0.6 is 11.3 Å². The molecule has 2 aromatic rings. The van der Waals surface area contributed by atoms with Crippen LogP contribution in [-0.2, 0) is 11.2 Å². The molecule has 0 N–H and O–H groups in total. The molecule has 0 saturated carbocycles. The Kier molecular flexibility index (Phi) is 3.75. The zero-order valence-electron chi connectivity index (χ0n) is 11.7. The molecular weight excluding hydrogens is 286 g/mol. The molecule has 1 aliphatic heterocycles. The Morgan fingerprint density at radius 3 is 2.95 bits per heavy atom. The molecule has 108 valence electrons. The van der Waals surface area contributed by atoms with Crippen LogP contribution < -0.4 is 9.64 Å². The average molecular weight is 301 g/mol. The van der Waals surface area contributed by atoms with Gasteiger partial charge in [0.05, 0.1) is 19.2 Å². The lowest BCUT2D eigenvalue weighted by Gasteiger charge is -2.29. The van der Waals surface area contributed by atoms with Crippen molar-refractivity contribution in [2.24, 2.45) is 0 Å². The number of rotatable bonds is 3. The average Bonchev–Trinajstić information content (AvgIpc) is 3.00. The number of benzene rings is 1. The summed E-state index contributed by atoms with van der Waals surface area (Å²) >= 11 is 1.57. The predicted octanol–water partition coefficient (Wildman–Crippen LogP) is 2.92. The first-order valence-electron chi connectivity index (χ1n) is 6.73. The first-order chi connectivity index (χ1) is 10.2. The maximum Gasteiger partial charge on any atom is 0.232 e. The van der Waals surface area contributed by atoms with Crippen molar-refractivity contribution in [1.82, 2.24) is 0 Å². The summed E-state index contributed by atoms with van der Waals surface area (Å²) in [4.78, 5) is 27.2. The monoisotopic (exact) mass is 301 g/mol. The molecule has 0 atom stereocenters. The van der Waals surface area contributed by atoms with Crippen LogP contribution in [0.25, 0.3) is 0 Å². The number of carbonyl (C=O) groups is 2. The quantitative estimate of drug-likeness (QED) is 0.875. The van der Waals surface area contributed by atoms with E-state index in [1.54, 1.807) is 41.5 Å². The summed E-state index contributed by atoms with van der Waals surface area (Å²) < 4.78 is 5.20. The van der Waals surface area contributed by atoms with E-state index in [0.29, 0.717) is 36.4 Å². The minimum atomic E-state index is 0.0134. The Morgan fingerprint density at radius 1 is 1.38 bits per heavy atom. The molecule has 3 rings (SSSR count). The van der Waals surface area contributed by atoms with Crippen LogP contribution in [0.4, 0.5) is 5.69 Å². The van der Waals surface area contributed by atoms with Gasteiger partial charge in [-0.1, -0.05) is 6.07 Å². The lowest BCUT2D eigenvalue weighted by molar-refractivity contribution is -0.117. The Morgan fingerprint density at radius 2 is 2.24 bits per heavy atom. The molecule has 0 radical (unpaired) electrons. The predicted molar refractivity (Wildman–Crippen MR) is 82.3 cm³/mol. The van der Waals surface area contributed by atoms with Crippen LogP contribution in [0.2, 0.25) is 0 Å². The van der Waals surface area contributed by atoms with E-state index in [4.69, 9.17) is 4.74 Å². The minimum absolute atomic E-state index is 0.0134. The number of methoxy groups -OCH3 is 1. The van der Waals surface area contributed by atoms with Gasteiger partial charge in [-0.05, 0) is 23.6 Å². The van der Waals surface area contributed by atoms with E-state index >= 15 is 0 Å². The van der Waals surface area contributed by atoms with Crippen molar-refractivity contribution < 1.29 is 14.3 Å². The third-order valence-corrected chi connectivity index (χ3v) is 4.44. The number of hydrogen-bond donors (Lipinski definition) is 0. The van der Waals surface area contributed by atoms with Crippen LogP contribution in [0, 0.1) is 0 Å². The molecule has 5 heteroatoms. The summed E-state index contributed by atoms with van der Waals surface area (Å²) in [5, 5.41) is 1.96. The maximum absolute atomic E-state index is 12.5. The SMILES string of the molecule is COc1ccc2c(c1)N(C(=O)Cc1cccs1)CCC2=O. The number of ketones is 1. The molecule has 0 bridgehead atoms. The number of hydrogen-bond acceptors (Lipinski definition) is 4. The highest BCUT2D eigenvalue weighted by atomic mass is 32.1. The van der Waals surface area contributed by atoms with Gasteiger partial charge in [0.2, 0.25) is 5.91 Å². The van der Waals surface area contributed by atoms with Gasteiger partial charge in [-0.25, -0.2) is 0 Å². The van der Waals surface area contributed by atoms with Crippen molar-refractivity contribution in [1.29, 1.82) is 0 Å². The van der Waals surface area contributed by atoms with E-state index in [2.05, 4.69) is 0 Å². The van der Waals surface area contributed by atoms with E-state index < -0.39 is 0 Å². The summed E-state index contributed by atoms with van der Waals surface area (Å²) in [6.45, 7) is 0.434. The highest BCUT2D eigenvalue weighted by molar-refractivity contribution is 7.10. The minimum Gasteiger partial charge on any atom is -0.497 e. The van der Waals surface area contributed by atoms with Gasteiger partial charge in [-0.2, -0.15) is 0 Å². The van der Waals surface area contributed by atoms with Gasteiger partial charge in [0.25, 0.3) is 0 Å². The number of Topliss-reactive ketones (excluding diaryl/α,β-unsaturated/α-hetero) is 1. The molecule has 0 spiro atoms. The maximum atomic E-state index is 12.5. The molecule has 0 fully saturated rings. The second-order valence-electron chi connectivity index (χ2n) is 4.86. The van der Waals surface area contributed by atoms with Crippen molar-refractivity contribution >= 4 is 28.7 Å². The fourth-order valence-electron chi connectivity index (χ4n) is 2.48. The molecule has 0 unspecified atom stereocenters. The smallest absolute Gasteiger partial charge is 0.232 e. The van der Waals surface area contributed by atoms with Crippen molar-refractivity contribution in [2.45, 2.75) is 12.8 Å². The van der Waals surface area contributed by atoms with E-state index in [0.717, 1.165) is 4.88 Å². The number of carbonyl (C=O) groups excluding carboxylic acids is 2. The molecule has 0 saturated heterocycles. The normalized spacial score (nSPS) is 14.0. The standard InChI is InChI=1S/C16H15NO3S/c1-20-11-4-5-13-14(9-11)17(7-6-15(13)18)16(19)10-12-3-2-8-21-12/h2-5,8-9H,6-7,10H2,1H3. The van der Waals surface area contributed by atoms with Gasteiger partial charge in [0.1, 0.15) is 5.75 Å². The van der Waals surface area contributed by atoms with Crippen LogP contribution in [0.5, 0.6) is 5.75 Å². The first kappa shape index (κ1) is 13.8. The molecule has 0 aliphatic carbocycles. The lowest BCUT2D eigenvalue weighted by Crippen LogP contribution is -2.38. The molecule has 21 heavy (non-hydrogen) atoms. The van der Waals surface area contributed by atoms with Gasteiger partial charge in [-0.3, -0.25) is 9.59 Å². The molecule has 1 aliphatic rings. The highest BCUT2D eigenvalue weighted by Gasteiger charge is 2.27. The Hall–Kier alpha value is -2.14. The van der Waals surface area contributed by atoms with Gasteiger partial charge in [0.15, 0.2) is 5.78 Å². The molecule has 2 heterocycles. The first-order valence-corrected chi connectivity index (χ1v) is 7.61. The van der Waals surface area contributed by atoms with Crippen LogP contribution in [0.15, 0.2) is 35.7 Å². The number of nitrogens with zero attached hydrogens (tertiary/aromatic N) is 1. The third-order valence-electron chi connectivity index (χ3n) is 3.57.